The van der Waals surface area contributed by atoms with Crippen molar-refractivity contribution in [3.05, 3.63) is 11.6 Å². The van der Waals surface area contributed by atoms with Gasteiger partial charge in [-0.2, -0.15) is 0 Å². The summed E-state index contributed by atoms with van der Waals surface area (Å²) in [5.41, 5.74) is 5.81. The van der Waals surface area contributed by atoms with E-state index in [1.165, 1.54) is 32.1 Å². The first-order chi connectivity index (χ1) is 9.83. The number of rotatable bonds is 5. The molecule has 0 bridgehead atoms. The van der Waals surface area contributed by atoms with Gasteiger partial charge in [-0.3, -0.25) is 4.99 Å². The van der Waals surface area contributed by atoms with Crippen LogP contribution in [0.5, 0.6) is 0 Å². The molecular formula is C14H25IN6. The van der Waals surface area contributed by atoms with Gasteiger partial charge in [-0.1, -0.05) is 6.42 Å². The van der Waals surface area contributed by atoms with Crippen molar-refractivity contribution in [2.24, 2.45) is 10.7 Å². The van der Waals surface area contributed by atoms with Crippen LogP contribution in [0.3, 0.4) is 0 Å². The fourth-order valence-corrected chi connectivity index (χ4v) is 2.65. The zero-order valence-electron chi connectivity index (χ0n) is 12.4. The molecule has 3 rings (SSSR count). The van der Waals surface area contributed by atoms with Crippen molar-refractivity contribution < 1.29 is 0 Å². The van der Waals surface area contributed by atoms with Crippen molar-refractivity contribution >= 4 is 29.9 Å². The number of hydrogen-bond donors (Lipinski definition) is 2. The fraction of sp³-hybridized carbons (Fsp3) is 0.786. The smallest absolute Gasteiger partial charge is 0.188 e. The van der Waals surface area contributed by atoms with Gasteiger partial charge < -0.3 is 15.6 Å². The lowest BCUT2D eigenvalue weighted by Crippen LogP contribution is -2.33. The van der Waals surface area contributed by atoms with Crippen LogP contribution in [-0.2, 0) is 19.4 Å². The summed E-state index contributed by atoms with van der Waals surface area (Å²) in [5.74, 6) is 2.87. The normalized spacial score (nSPS) is 18.6. The van der Waals surface area contributed by atoms with E-state index in [0.717, 1.165) is 44.0 Å². The van der Waals surface area contributed by atoms with Crippen LogP contribution in [-0.4, -0.2) is 33.3 Å². The molecule has 7 heteroatoms. The van der Waals surface area contributed by atoms with Crippen molar-refractivity contribution in [1.82, 2.24) is 20.1 Å². The molecule has 2 aliphatic rings. The minimum Gasteiger partial charge on any atom is -0.370 e. The number of guanidine groups is 1. The Bertz CT molecular complexity index is 480. The van der Waals surface area contributed by atoms with Crippen molar-refractivity contribution in [3.8, 4) is 0 Å². The number of aryl methyl sites for hydroxylation is 2. The van der Waals surface area contributed by atoms with E-state index < -0.39 is 0 Å². The number of aliphatic imine (C=N–C) groups is 1. The number of nitrogens with zero attached hydrogens (tertiary/aromatic N) is 4. The molecule has 0 saturated heterocycles. The Labute approximate surface area is 143 Å². The molecule has 1 aliphatic carbocycles. The van der Waals surface area contributed by atoms with Crippen LogP contribution >= 0.6 is 24.0 Å². The molecule has 0 unspecified atom stereocenters. The quantitative estimate of drug-likeness (QED) is 0.338. The number of nitrogens with two attached hydrogens (primary N) is 1. The van der Waals surface area contributed by atoms with Crippen LogP contribution in [0.15, 0.2) is 4.99 Å². The molecule has 1 aromatic heterocycles. The van der Waals surface area contributed by atoms with Crippen molar-refractivity contribution in [2.45, 2.75) is 64.0 Å². The largest absolute Gasteiger partial charge is 0.370 e. The third-order valence-electron chi connectivity index (χ3n) is 3.96. The first-order valence-corrected chi connectivity index (χ1v) is 7.80. The number of hydrogen-bond acceptors (Lipinski definition) is 3. The first kappa shape index (κ1) is 16.5. The molecule has 0 atom stereocenters. The molecule has 1 aliphatic heterocycles. The van der Waals surface area contributed by atoms with E-state index in [-0.39, 0.29) is 24.0 Å². The number of nitrogens with one attached hydrogen (secondary N) is 1. The molecule has 6 nitrogen and oxygen atoms in total. The maximum Gasteiger partial charge on any atom is 0.188 e. The summed E-state index contributed by atoms with van der Waals surface area (Å²) >= 11 is 0. The second kappa shape index (κ2) is 7.95. The maximum atomic E-state index is 5.81. The molecule has 118 valence electrons. The van der Waals surface area contributed by atoms with E-state index in [9.17, 15) is 0 Å². The molecule has 2 heterocycles. The Morgan fingerprint density at radius 3 is 2.95 bits per heavy atom. The van der Waals surface area contributed by atoms with Crippen LogP contribution in [0.25, 0.3) is 0 Å². The number of halogens is 1. The maximum absolute atomic E-state index is 5.81. The summed E-state index contributed by atoms with van der Waals surface area (Å²) in [4.78, 5) is 4.36. The monoisotopic (exact) mass is 404 g/mol. The lowest BCUT2D eigenvalue weighted by atomic mass is 10.2. The van der Waals surface area contributed by atoms with Gasteiger partial charge in [0, 0.05) is 32.0 Å². The number of aromatic nitrogens is 3. The average Bonchev–Trinajstić information content (AvgIpc) is 3.21. The van der Waals surface area contributed by atoms with E-state index in [0.29, 0.717) is 12.0 Å². The van der Waals surface area contributed by atoms with Crippen LogP contribution in [0.2, 0.25) is 0 Å². The topological polar surface area (TPSA) is 81.1 Å². The van der Waals surface area contributed by atoms with E-state index in [1.54, 1.807) is 0 Å². The van der Waals surface area contributed by atoms with E-state index in [2.05, 4.69) is 25.1 Å². The van der Waals surface area contributed by atoms with Gasteiger partial charge in [-0.25, -0.2) is 0 Å². The molecule has 0 amide bonds. The third-order valence-corrected chi connectivity index (χ3v) is 3.96. The summed E-state index contributed by atoms with van der Waals surface area (Å²) in [6, 6.07) is 0.575. The Balaban J connectivity index is 0.00000161. The molecule has 0 radical (unpaired) electrons. The lowest BCUT2D eigenvalue weighted by molar-refractivity contribution is 0.597. The first-order valence-electron chi connectivity index (χ1n) is 7.80. The van der Waals surface area contributed by atoms with Crippen LogP contribution in [0, 0.1) is 0 Å². The molecule has 1 aromatic rings. The third kappa shape index (κ3) is 4.82. The summed E-state index contributed by atoms with van der Waals surface area (Å²) < 4.78 is 2.31. The van der Waals surface area contributed by atoms with Crippen LogP contribution in [0.1, 0.15) is 50.2 Å². The fourth-order valence-electron chi connectivity index (χ4n) is 2.65. The van der Waals surface area contributed by atoms with Crippen molar-refractivity contribution in [2.75, 3.05) is 6.54 Å². The summed E-state index contributed by atoms with van der Waals surface area (Å²) in [6.45, 7) is 1.83. The molecule has 3 N–H and O–H groups in total. The van der Waals surface area contributed by atoms with Gasteiger partial charge in [0.1, 0.15) is 11.6 Å². The Morgan fingerprint density at radius 1 is 1.29 bits per heavy atom. The van der Waals surface area contributed by atoms with Crippen LogP contribution in [0.4, 0.5) is 0 Å². The standard InChI is InChI=1S/C14H24N6.HI/c15-14(17-11-7-8-11)16-9-4-6-13-19-18-12-5-2-1-3-10-20(12)13;/h11H,1-10H2,(H3,15,16,17);1H. The predicted octanol–water partition coefficient (Wildman–Crippen LogP) is 1.62. The molecule has 1 fully saturated rings. The summed E-state index contributed by atoms with van der Waals surface area (Å²) in [6.07, 6.45) is 9.22. The zero-order valence-corrected chi connectivity index (χ0v) is 14.8. The minimum atomic E-state index is 0. The minimum absolute atomic E-state index is 0. The van der Waals surface area contributed by atoms with Gasteiger partial charge in [-0.15, -0.1) is 34.2 Å². The molecule has 21 heavy (non-hydrogen) atoms. The highest BCUT2D eigenvalue weighted by atomic mass is 127. The molecular weight excluding hydrogens is 379 g/mol. The van der Waals surface area contributed by atoms with Gasteiger partial charge in [0.25, 0.3) is 0 Å². The predicted molar refractivity (Wildman–Crippen MR) is 94.0 cm³/mol. The Morgan fingerprint density at radius 2 is 2.14 bits per heavy atom. The second-order valence-corrected chi connectivity index (χ2v) is 5.78. The van der Waals surface area contributed by atoms with Crippen LogP contribution < -0.4 is 11.1 Å². The highest BCUT2D eigenvalue weighted by molar-refractivity contribution is 14.0. The van der Waals surface area contributed by atoms with Gasteiger partial charge in [0.15, 0.2) is 5.96 Å². The highest BCUT2D eigenvalue weighted by Crippen LogP contribution is 2.18. The van der Waals surface area contributed by atoms with Crippen molar-refractivity contribution in [3.63, 3.8) is 0 Å². The molecule has 1 saturated carbocycles. The summed E-state index contributed by atoms with van der Waals surface area (Å²) in [5, 5.41) is 11.9. The lowest BCUT2D eigenvalue weighted by Gasteiger charge is -2.06. The van der Waals surface area contributed by atoms with E-state index >= 15 is 0 Å². The van der Waals surface area contributed by atoms with Crippen molar-refractivity contribution in [1.29, 1.82) is 0 Å². The summed E-state index contributed by atoms with van der Waals surface area (Å²) in [7, 11) is 0. The van der Waals surface area contributed by atoms with E-state index in [1.807, 2.05) is 0 Å². The molecule has 0 aromatic carbocycles. The second-order valence-electron chi connectivity index (χ2n) is 5.78. The highest BCUT2D eigenvalue weighted by Gasteiger charge is 2.21. The SMILES string of the molecule is I.NC(=NCCCc1nnc2n1CCCCC2)NC1CC1. The Kier molecular flexibility index (Phi) is 6.25. The number of fused-ring (bicyclic) bond motifs is 1. The molecule has 0 spiro atoms. The van der Waals surface area contributed by atoms with Gasteiger partial charge in [0.05, 0.1) is 0 Å². The average molecular weight is 404 g/mol. The Hall–Kier alpha value is -0.860. The van der Waals surface area contributed by atoms with Gasteiger partial charge in [-0.05, 0) is 32.1 Å². The zero-order chi connectivity index (χ0) is 13.8. The van der Waals surface area contributed by atoms with Gasteiger partial charge >= 0.3 is 0 Å². The van der Waals surface area contributed by atoms with E-state index in [4.69, 9.17) is 5.73 Å². The van der Waals surface area contributed by atoms with Gasteiger partial charge in [0.2, 0.25) is 0 Å².